The molecule has 1 aromatic carbocycles. The number of rotatable bonds is 4. The summed E-state index contributed by atoms with van der Waals surface area (Å²) in [7, 11) is 0. The van der Waals surface area contributed by atoms with Crippen molar-refractivity contribution in [1.29, 1.82) is 0 Å². The zero-order valence-corrected chi connectivity index (χ0v) is 14.5. The Kier molecular flexibility index (Phi) is 4.66. The molecule has 9 heteroatoms. The van der Waals surface area contributed by atoms with Crippen molar-refractivity contribution < 1.29 is 9.66 Å². The molecule has 2 aromatic rings. The van der Waals surface area contributed by atoms with Crippen LogP contribution >= 0.6 is 0 Å². The number of ether oxygens (including phenoxy) is 1. The van der Waals surface area contributed by atoms with Crippen LogP contribution in [0.1, 0.15) is 26.0 Å². The zero-order valence-electron chi connectivity index (χ0n) is 12.8. The van der Waals surface area contributed by atoms with E-state index in [-0.39, 0.29) is 11.8 Å². The molecule has 126 valence electrons. The summed E-state index contributed by atoms with van der Waals surface area (Å²) in [5, 5.41) is 11.1. The molecule has 0 spiro atoms. The Bertz CT molecular complexity index is 891. The number of nitrogens with one attached hydrogen (secondary N) is 1. The number of H-pyrrole nitrogens is 1. The second kappa shape index (κ2) is 6.72. The number of aromatic amines is 1. The van der Waals surface area contributed by atoms with Crippen molar-refractivity contribution in [2.24, 2.45) is 0 Å². The van der Waals surface area contributed by atoms with Crippen molar-refractivity contribution in [2.45, 2.75) is 32.1 Å². The molecule has 24 heavy (non-hydrogen) atoms. The normalized spacial score (nSPS) is 20.2. The Morgan fingerprint density at radius 3 is 2.71 bits per heavy atom. The van der Waals surface area contributed by atoms with Crippen LogP contribution in [0.2, 0.25) is 0 Å². The van der Waals surface area contributed by atoms with Crippen molar-refractivity contribution in [3.8, 4) is 0 Å². The Morgan fingerprint density at radius 1 is 1.29 bits per heavy atom. The average Bonchev–Trinajstić information content (AvgIpc) is 2.96. The van der Waals surface area contributed by atoms with Gasteiger partial charge in [-0.3, -0.25) is 0 Å². The third-order valence-electron chi connectivity index (χ3n) is 3.74. The maximum absolute atomic E-state index is 12.1. The zero-order chi connectivity index (χ0) is 17.3. The minimum absolute atomic E-state index is 0.0274. The molecule has 2 heterocycles. The number of hydrogen-bond donors (Lipinski definition) is 1. The topological polar surface area (TPSA) is 107 Å². The van der Waals surface area contributed by atoms with Crippen LogP contribution in [0.25, 0.3) is 0 Å². The first kappa shape index (κ1) is 16.6. The second-order valence-electron chi connectivity index (χ2n) is 5.47. The molecular weight excluding hydrogens is 381 g/mol. The predicted molar refractivity (Wildman–Crippen MR) is 88.3 cm³/mol. The molecule has 1 fully saturated rings. The Hall–Kier alpha value is -2.22. The summed E-state index contributed by atoms with van der Waals surface area (Å²) in [4.78, 5) is 37.1. The van der Waals surface area contributed by atoms with Gasteiger partial charge in [-0.05, 0) is 0 Å². The number of nitrogens with zero attached hydrogens (tertiary/aromatic N) is 2. The van der Waals surface area contributed by atoms with Gasteiger partial charge < -0.3 is 0 Å². The van der Waals surface area contributed by atoms with Crippen LogP contribution in [0.5, 0.6) is 0 Å². The number of para-hydroxylation sites is 1. The molecule has 0 unspecified atom stereocenters. The third-order valence-corrected chi connectivity index (χ3v) is 5.99. The van der Waals surface area contributed by atoms with E-state index in [4.69, 9.17) is 4.74 Å². The molecular formula is C15H15N3O5Se. The quantitative estimate of drug-likeness (QED) is 0.438. The van der Waals surface area contributed by atoms with Crippen LogP contribution in [0.4, 0.5) is 5.69 Å². The molecule has 0 radical (unpaired) electrons. The van der Waals surface area contributed by atoms with Crippen molar-refractivity contribution in [3.63, 3.8) is 0 Å². The van der Waals surface area contributed by atoms with Crippen molar-refractivity contribution >= 4 is 29.6 Å². The minimum atomic E-state index is -0.600. The summed E-state index contributed by atoms with van der Waals surface area (Å²) in [5.74, 6) is 0. The molecule has 1 saturated heterocycles. The Labute approximate surface area is 142 Å². The number of benzene rings is 1. The van der Waals surface area contributed by atoms with Gasteiger partial charge in [0.2, 0.25) is 0 Å². The van der Waals surface area contributed by atoms with Gasteiger partial charge in [-0.1, -0.05) is 0 Å². The van der Waals surface area contributed by atoms with Crippen LogP contribution in [-0.2, 0) is 4.74 Å². The average molecular weight is 396 g/mol. The molecule has 1 aliphatic heterocycles. The van der Waals surface area contributed by atoms with Crippen LogP contribution < -0.4 is 20.2 Å². The Balaban J connectivity index is 1.99. The fourth-order valence-electron chi connectivity index (χ4n) is 2.55. The van der Waals surface area contributed by atoms with Gasteiger partial charge in [-0.15, -0.1) is 0 Å². The number of aromatic nitrogens is 2. The number of nitro groups is 1. The van der Waals surface area contributed by atoms with Crippen LogP contribution in [-0.4, -0.2) is 35.5 Å². The molecule has 0 aliphatic carbocycles. The van der Waals surface area contributed by atoms with E-state index >= 15 is 0 Å². The summed E-state index contributed by atoms with van der Waals surface area (Å²) in [6.07, 6.45) is 2.63. The molecule has 1 aromatic heterocycles. The number of nitro benzene ring substituents is 1. The summed E-state index contributed by atoms with van der Waals surface area (Å²) >= 11 is -0.600. The molecule has 1 aliphatic rings. The first-order valence-corrected chi connectivity index (χ1v) is 9.09. The predicted octanol–water partition coefficient (Wildman–Crippen LogP) is -0.203. The standard InChI is InChI=1S/C15H15N3O5Se/c1-9-6-7-13(23-9)17-8-12(14(19)16-15(17)20)24-11-5-3-2-4-10(11)18(21)22/h2-5,8-9,13H,6-7H2,1H3,(H,16,19,20)/t9-,13-/m0/s1. The summed E-state index contributed by atoms with van der Waals surface area (Å²) in [5.41, 5.74) is -1.07. The van der Waals surface area contributed by atoms with E-state index in [1.807, 2.05) is 6.92 Å². The fourth-order valence-corrected chi connectivity index (χ4v) is 4.53. The fraction of sp³-hybridized carbons (Fsp3) is 0.333. The molecule has 0 amide bonds. The molecule has 3 rings (SSSR count). The summed E-state index contributed by atoms with van der Waals surface area (Å²) in [6.45, 7) is 1.93. The van der Waals surface area contributed by atoms with Crippen molar-refractivity contribution in [2.75, 3.05) is 0 Å². The van der Waals surface area contributed by atoms with Gasteiger partial charge in [-0.25, -0.2) is 0 Å². The maximum atomic E-state index is 12.1. The van der Waals surface area contributed by atoms with E-state index in [1.165, 1.54) is 16.8 Å². The number of hydrogen-bond acceptors (Lipinski definition) is 5. The van der Waals surface area contributed by atoms with Gasteiger partial charge >= 0.3 is 142 Å². The first-order valence-electron chi connectivity index (χ1n) is 7.38. The molecule has 0 saturated carbocycles. The SMILES string of the molecule is C[C@H]1CC[C@@H](n2cc([Se]c3ccccc3[N+](=O)[O-])c(=O)[nH]c2=O)O1. The summed E-state index contributed by atoms with van der Waals surface area (Å²) in [6, 6.07) is 6.30. The van der Waals surface area contributed by atoms with E-state index in [0.717, 1.165) is 6.42 Å². The summed E-state index contributed by atoms with van der Waals surface area (Å²) < 4.78 is 7.87. The van der Waals surface area contributed by atoms with Gasteiger partial charge in [0.05, 0.1) is 0 Å². The van der Waals surface area contributed by atoms with Crippen LogP contribution in [0.15, 0.2) is 40.1 Å². The van der Waals surface area contributed by atoms with Crippen LogP contribution in [0, 0.1) is 10.1 Å². The third kappa shape index (κ3) is 3.33. The van der Waals surface area contributed by atoms with E-state index in [1.54, 1.807) is 18.2 Å². The molecule has 1 N–H and O–H groups in total. The monoisotopic (exact) mass is 397 g/mol. The first-order chi connectivity index (χ1) is 11.5. The van der Waals surface area contributed by atoms with E-state index in [2.05, 4.69) is 4.98 Å². The van der Waals surface area contributed by atoms with Gasteiger partial charge in [0, 0.05) is 0 Å². The van der Waals surface area contributed by atoms with Crippen LogP contribution in [0.3, 0.4) is 0 Å². The molecule has 2 atom stereocenters. The van der Waals surface area contributed by atoms with Crippen molar-refractivity contribution in [3.05, 3.63) is 61.4 Å². The second-order valence-corrected chi connectivity index (χ2v) is 7.74. The van der Waals surface area contributed by atoms with Gasteiger partial charge in [-0.2, -0.15) is 0 Å². The van der Waals surface area contributed by atoms with Gasteiger partial charge in [0.1, 0.15) is 0 Å². The van der Waals surface area contributed by atoms with E-state index in [0.29, 0.717) is 15.3 Å². The van der Waals surface area contributed by atoms with E-state index < -0.39 is 37.4 Å². The molecule has 8 nitrogen and oxygen atoms in total. The van der Waals surface area contributed by atoms with E-state index in [9.17, 15) is 19.7 Å². The van der Waals surface area contributed by atoms with Gasteiger partial charge in [0.15, 0.2) is 0 Å². The van der Waals surface area contributed by atoms with Gasteiger partial charge in [0.25, 0.3) is 0 Å². The molecule has 0 bridgehead atoms. The van der Waals surface area contributed by atoms with Crippen molar-refractivity contribution in [1.82, 2.24) is 9.55 Å². The Morgan fingerprint density at radius 2 is 2.04 bits per heavy atom.